The molecule has 0 unspecified atom stereocenters. The minimum Gasteiger partial charge on any atom is -0.395 e. The van der Waals surface area contributed by atoms with Crippen LogP contribution in [-0.4, -0.2) is 12.3 Å². The van der Waals surface area contributed by atoms with Crippen LogP contribution in [0.4, 0.5) is 9.59 Å². The Morgan fingerprint density at radius 1 is 0.538 bits per heavy atom. The van der Waals surface area contributed by atoms with Crippen LogP contribution in [0.15, 0.2) is 115 Å². The van der Waals surface area contributed by atoms with Crippen LogP contribution >= 0.6 is 23.2 Å². The highest BCUT2D eigenvalue weighted by molar-refractivity contribution is 6.33. The van der Waals surface area contributed by atoms with E-state index in [1.807, 2.05) is 55.5 Å². The number of hydrogen-bond donors (Lipinski definition) is 0. The van der Waals surface area contributed by atoms with Gasteiger partial charge >= 0.3 is 12.3 Å². The molecule has 6 nitrogen and oxygen atoms in total. The Balaban J connectivity index is 0.000000187. The maximum Gasteiger partial charge on any atom is 0.519 e. The van der Waals surface area contributed by atoms with Gasteiger partial charge in [-0.05, 0) is 54.3 Å². The lowest BCUT2D eigenvalue weighted by atomic mass is 10.1. The van der Waals surface area contributed by atoms with E-state index in [4.69, 9.17) is 42.1 Å². The molecule has 0 aromatic heterocycles. The molecule has 0 N–H and O–H groups in total. The fourth-order valence-electron chi connectivity index (χ4n) is 3.41. The molecule has 0 aliphatic rings. The molecule has 0 amide bonds. The normalized spacial score (nSPS) is 10.1. The van der Waals surface area contributed by atoms with Crippen LogP contribution in [0.1, 0.15) is 5.56 Å². The van der Waals surface area contributed by atoms with Crippen LogP contribution < -0.4 is 18.9 Å². The van der Waals surface area contributed by atoms with Gasteiger partial charge in [0.2, 0.25) is 0 Å². The van der Waals surface area contributed by atoms with Crippen molar-refractivity contribution in [1.29, 1.82) is 0 Å². The van der Waals surface area contributed by atoms with E-state index in [0.717, 1.165) is 16.3 Å². The number of carbonyl (C=O) groups is 2. The van der Waals surface area contributed by atoms with E-state index in [-0.39, 0.29) is 11.5 Å². The largest absolute Gasteiger partial charge is 0.519 e. The quantitative estimate of drug-likeness (QED) is 0.161. The molecule has 0 radical (unpaired) electrons. The molecule has 5 aromatic rings. The predicted octanol–water partition coefficient (Wildman–Crippen LogP) is 9.30. The summed E-state index contributed by atoms with van der Waals surface area (Å²) in [6.45, 7) is 1.87. The Morgan fingerprint density at radius 3 is 1.87 bits per heavy atom. The third-order valence-corrected chi connectivity index (χ3v) is 5.89. The molecular formula is C31H22Cl2O6. The SMILES string of the molecule is Cc1ccccc1OC(=O)Oc1ccccc1.O=C(Oc1ccccc1Cl)Oc1c(Cl)ccc2ccccc12. The molecular weight excluding hydrogens is 539 g/mol. The van der Waals surface area contributed by atoms with Crippen molar-refractivity contribution in [1.82, 2.24) is 0 Å². The van der Waals surface area contributed by atoms with Crippen molar-refractivity contribution in [3.63, 3.8) is 0 Å². The van der Waals surface area contributed by atoms with E-state index in [1.54, 1.807) is 66.7 Å². The number of carbonyl (C=O) groups excluding carboxylic acids is 2. The Morgan fingerprint density at radius 2 is 1.13 bits per heavy atom. The van der Waals surface area contributed by atoms with E-state index >= 15 is 0 Å². The lowest BCUT2D eigenvalue weighted by Gasteiger charge is -2.10. The minimum atomic E-state index is -0.897. The summed E-state index contributed by atoms with van der Waals surface area (Å²) in [5, 5.41) is 2.29. The first kappa shape index (κ1) is 27.5. The number of ether oxygens (including phenoxy) is 4. The minimum absolute atomic E-state index is 0.227. The number of fused-ring (bicyclic) bond motifs is 1. The summed E-state index contributed by atoms with van der Waals surface area (Å²) in [5.74, 6) is 1.46. The van der Waals surface area contributed by atoms with Gasteiger partial charge < -0.3 is 18.9 Å². The van der Waals surface area contributed by atoms with E-state index in [2.05, 4.69) is 0 Å². The Kier molecular flexibility index (Phi) is 9.40. The zero-order chi connectivity index (χ0) is 27.6. The molecule has 0 aliphatic heterocycles. The lowest BCUT2D eigenvalue weighted by molar-refractivity contribution is 0.150. The molecule has 0 bridgehead atoms. The molecule has 0 fully saturated rings. The van der Waals surface area contributed by atoms with Gasteiger partial charge in [0.05, 0.1) is 10.0 Å². The summed E-state index contributed by atoms with van der Waals surface area (Å²) >= 11 is 12.1. The third kappa shape index (κ3) is 7.74. The molecule has 0 atom stereocenters. The maximum absolute atomic E-state index is 12.0. The Bertz CT molecular complexity index is 1590. The molecule has 0 heterocycles. The zero-order valence-electron chi connectivity index (χ0n) is 20.7. The lowest BCUT2D eigenvalue weighted by Crippen LogP contribution is -2.14. The van der Waals surface area contributed by atoms with Crippen molar-refractivity contribution >= 4 is 46.3 Å². The third-order valence-electron chi connectivity index (χ3n) is 5.28. The number of benzene rings is 5. The number of halogens is 2. The predicted molar refractivity (Wildman–Crippen MR) is 151 cm³/mol. The van der Waals surface area contributed by atoms with Crippen LogP contribution in [0.5, 0.6) is 23.0 Å². The molecule has 0 aliphatic carbocycles. The summed E-state index contributed by atoms with van der Waals surface area (Å²) in [6.07, 6.45) is -1.63. The summed E-state index contributed by atoms with van der Waals surface area (Å²) in [4.78, 5) is 23.5. The summed E-state index contributed by atoms with van der Waals surface area (Å²) in [7, 11) is 0. The van der Waals surface area contributed by atoms with Crippen molar-refractivity contribution in [2.45, 2.75) is 6.92 Å². The van der Waals surface area contributed by atoms with Gasteiger partial charge in [-0.2, -0.15) is 0 Å². The van der Waals surface area contributed by atoms with E-state index in [0.29, 0.717) is 21.5 Å². The van der Waals surface area contributed by atoms with E-state index in [1.165, 1.54) is 0 Å². The molecule has 5 aromatic carbocycles. The van der Waals surface area contributed by atoms with Gasteiger partial charge in [0.25, 0.3) is 0 Å². The average molecular weight is 561 g/mol. The van der Waals surface area contributed by atoms with Crippen LogP contribution in [0, 0.1) is 6.92 Å². The second-order valence-electron chi connectivity index (χ2n) is 8.01. The molecule has 0 saturated heterocycles. The van der Waals surface area contributed by atoms with Gasteiger partial charge in [0, 0.05) is 5.39 Å². The monoisotopic (exact) mass is 560 g/mol. The van der Waals surface area contributed by atoms with Crippen molar-refractivity contribution in [3.05, 3.63) is 131 Å². The van der Waals surface area contributed by atoms with E-state index < -0.39 is 12.3 Å². The smallest absolute Gasteiger partial charge is 0.395 e. The maximum atomic E-state index is 12.0. The standard InChI is InChI=1S/C17H10Cl2O3.C14H12O3/c18-13-7-3-4-8-15(13)21-17(20)22-16-12-6-2-1-5-11(12)9-10-14(16)19;1-11-7-5-6-10-13(11)17-14(15)16-12-8-3-2-4-9-12/h1-10H;2-10H,1H3. The molecule has 8 heteroatoms. The first-order valence-electron chi connectivity index (χ1n) is 11.7. The average Bonchev–Trinajstić information content (AvgIpc) is 2.94. The van der Waals surface area contributed by atoms with Crippen LogP contribution in [-0.2, 0) is 0 Å². The van der Waals surface area contributed by atoms with Crippen molar-refractivity contribution < 1.29 is 28.5 Å². The highest BCUT2D eigenvalue weighted by Crippen LogP contribution is 2.34. The zero-order valence-corrected chi connectivity index (χ0v) is 22.2. The fraction of sp³-hybridized carbons (Fsp3) is 0.0323. The van der Waals surface area contributed by atoms with E-state index in [9.17, 15) is 9.59 Å². The summed E-state index contributed by atoms with van der Waals surface area (Å²) < 4.78 is 20.5. The first-order chi connectivity index (χ1) is 18.9. The van der Waals surface area contributed by atoms with Crippen molar-refractivity contribution in [2.75, 3.05) is 0 Å². The van der Waals surface area contributed by atoms with Gasteiger partial charge in [0.15, 0.2) is 11.5 Å². The Labute approximate surface area is 235 Å². The number of rotatable bonds is 4. The molecule has 5 rings (SSSR count). The van der Waals surface area contributed by atoms with Gasteiger partial charge in [0.1, 0.15) is 11.5 Å². The summed E-state index contributed by atoms with van der Waals surface area (Å²) in [5.41, 5.74) is 0.887. The number of aryl methyl sites for hydroxylation is 1. The topological polar surface area (TPSA) is 71.1 Å². The van der Waals surface area contributed by atoms with Crippen molar-refractivity contribution in [3.8, 4) is 23.0 Å². The molecule has 0 spiro atoms. The van der Waals surface area contributed by atoms with Crippen LogP contribution in [0.25, 0.3) is 10.8 Å². The highest BCUT2D eigenvalue weighted by Gasteiger charge is 2.15. The van der Waals surface area contributed by atoms with Gasteiger partial charge in [-0.3, -0.25) is 0 Å². The second-order valence-corrected chi connectivity index (χ2v) is 8.83. The second kappa shape index (κ2) is 13.3. The fourth-order valence-corrected chi connectivity index (χ4v) is 3.79. The van der Waals surface area contributed by atoms with Crippen LogP contribution in [0.2, 0.25) is 10.0 Å². The first-order valence-corrected chi connectivity index (χ1v) is 12.5. The molecule has 0 saturated carbocycles. The van der Waals surface area contributed by atoms with Crippen LogP contribution in [0.3, 0.4) is 0 Å². The number of hydrogen-bond acceptors (Lipinski definition) is 6. The molecule has 196 valence electrons. The summed E-state index contributed by atoms with van der Waals surface area (Å²) in [6, 6.07) is 33.7. The van der Waals surface area contributed by atoms with Gasteiger partial charge in [-0.1, -0.05) is 102 Å². The highest BCUT2D eigenvalue weighted by atomic mass is 35.5. The van der Waals surface area contributed by atoms with Crippen molar-refractivity contribution in [2.24, 2.45) is 0 Å². The number of para-hydroxylation sites is 3. The van der Waals surface area contributed by atoms with Gasteiger partial charge in [-0.15, -0.1) is 0 Å². The van der Waals surface area contributed by atoms with Gasteiger partial charge in [-0.25, -0.2) is 9.59 Å². The molecule has 39 heavy (non-hydrogen) atoms. The Hall–Kier alpha value is -4.52.